The molecule has 0 fully saturated rings. The lowest BCUT2D eigenvalue weighted by Gasteiger charge is -2.23. The fourth-order valence-corrected chi connectivity index (χ4v) is 1.19. The molecule has 1 unspecified atom stereocenters. The minimum Gasteiger partial charge on any atom is -0.480 e. The van der Waals surface area contributed by atoms with Crippen LogP contribution < -0.4 is 5.32 Å². The maximum absolute atomic E-state index is 11.6. The van der Waals surface area contributed by atoms with Crippen LogP contribution in [0.1, 0.15) is 30.8 Å². The highest BCUT2D eigenvalue weighted by atomic mass is 35.5. The molecular formula is C10H12ClNO4. The van der Waals surface area contributed by atoms with E-state index in [1.165, 1.54) is 19.1 Å². The molecule has 1 atom stereocenters. The van der Waals surface area contributed by atoms with Crippen LogP contribution in [0.2, 0.25) is 5.22 Å². The highest BCUT2D eigenvalue weighted by Crippen LogP contribution is 2.15. The van der Waals surface area contributed by atoms with E-state index < -0.39 is 17.4 Å². The van der Waals surface area contributed by atoms with Crippen LogP contribution in [-0.2, 0) is 4.79 Å². The fraction of sp³-hybridized carbons (Fsp3) is 0.400. The van der Waals surface area contributed by atoms with Crippen molar-refractivity contribution >= 4 is 23.5 Å². The number of carboxylic acids is 1. The van der Waals surface area contributed by atoms with Gasteiger partial charge in [-0.05, 0) is 37.1 Å². The first-order chi connectivity index (χ1) is 7.39. The van der Waals surface area contributed by atoms with Crippen molar-refractivity contribution in [1.82, 2.24) is 5.32 Å². The summed E-state index contributed by atoms with van der Waals surface area (Å²) < 4.78 is 4.88. The molecule has 1 amide bonds. The molecule has 6 heteroatoms. The fourth-order valence-electron chi connectivity index (χ4n) is 1.04. The third-order valence-corrected chi connectivity index (χ3v) is 2.57. The molecule has 0 aliphatic heterocycles. The van der Waals surface area contributed by atoms with Crippen LogP contribution >= 0.6 is 11.6 Å². The minimum absolute atomic E-state index is 0.00840. The Bertz CT molecular complexity index is 415. The summed E-state index contributed by atoms with van der Waals surface area (Å²) in [6.45, 7) is 3.10. The van der Waals surface area contributed by atoms with Gasteiger partial charge in [-0.1, -0.05) is 6.92 Å². The number of nitrogens with one attached hydrogen (secondary N) is 1. The van der Waals surface area contributed by atoms with Crippen molar-refractivity contribution in [2.45, 2.75) is 25.8 Å². The number of carbonyl (C=O) groups is 2. The lowest BCUT2D eigenvalue weighted by molar-refractivity contribution is -0.143. The van der Waals surface area contributed by atoms with E-state index in [9.17, 15) is 9.59 Å². The standard InChI is InChI=1S/C10H12ClNO4/c1-3-10(2,9(14)15)12-8(13)6-4-5-7(11)16-6/h4-5H,3H2,1-2H3,(H,12,13)(H,14,15). The molecule has 0 bridgehead atoms. The lowest BCUT2D eigenvalue weighted by Crippen LogP contribution is -2.51. The second-order valence-electron chi connectivity index (χ2n) is 3.55. The van der Waals surface area contributed by atoms with Gasteiger partial charge in [0.05, 0.1) is 0 Å². The van der Waals surface area contributed by atoms with Gasteiger partial charge in [-0.25, -0.2) is 4.79 Å². The van der Waals surface area contributed by atoms with E-state index in [4.69, 9.17) is 21.1 Å². The van der Waals surface area contributed by atoms with Gasteiger partial charge >= 0.3 is 5.97 Å². The third kappa shape index (κ3) is 2.55. The molecule has 1 aromatic heterocycles. The van der Waals surface area contributed by atoms with Crippen molar-refractivity contribution in [2.24, 2.45) is 0 Å². The van der Waals surface area contributed by atoms with Crippen molar-refractivity contribution < 1.29 is 19.1 Å². The number of carboxylic acid groups (broad SMARTS) is 1. The van der Waals surface area contributed by atoms with E-state index in [1.807, 2.05) is 0 Å². The van der Waals surface area contributed by atoms with Gasteiger partial charge in [-0.15, -0.1) is 0 Å². The Balaban J connectivity index is 2.81. The van der Waals surface area contributed by atoms with E-state index >= 15 is 0 Å². The first-order valence-electron chi connectivity index (χ1n) is 4.70. The molecule has 0 saturated carbocycles. The Morgan fingerprint density at radius 3 is 2.56 bits per heavy atom. The average Bonchev–Trinajstić information content (AvgIpc) is 2.64. The van der Waals surface area contributed by atoms with Gasteiger partial charge in [-0.3, -0.25) is 4.79 Å². The van der Waals surface area contributed by atoms with Gasteiger partial charge in [0.15, 0.2) is 11.0 Å². The number of rotatable bonds is 4. The van der Waals surface area contributed by atoms with E-state index in [2.05, 4.69) is 5.32 Å². The number of carbonyl (C=O) groups excluding carboxylic acids is 1. The Labute approximate surface area is 97.4 Å². The van der Waals surface area contributed by atoms with Crippen molar-refractivity contribution in [3.63, 3.8) is 0 Å². The summed E-state index contributed by atoms with van der Waals surface area (Å²) in [5, 5.41) is 11.4. The molecule has 0 aliphatic rings. The molecule has 0 saturated heterocycles. The van der Waals surface area contributed by atoms with Crippen LogP contribution in [0.3, 0.4) is 0 Å². The number of hydrogen-bond donors (Lipinski definition) is 2. The molecule has 88 valence electrons. The van der Waals surface area contributed by atoms with Crippen molar-refractivity contribution in [2.75, 3.05) is 0 Å². The Hall–Kier alpha value is -1.49. The van der Waals surface area contributed by atoms with Gasteiger partial charge < -0.3 is 14.8 Å². The summed E-state index contributed by atoms with van der Waals surface area (Å²) in [5.41, 5.74) is -1.31. The van der Waals surface area contributed by atoms with Crippen LogP contribution in [0, 0.1) is 0 Å². The zero-order valence-corrected chi connectivity index (χ0v) is 9.67. The first-order valence-corrected chi connectivity index (χ1v) is 5.08. The molecule has 0 spiro atoms. The second-order valence-corrected chi connectivity index (χ2v) is 3.92. The second kappa shape index (κ2) is 4.57. The zero-order valence-electron chi connectivity index (χ0n) is 8.91. The summed E-state index contributed by atoms with van der Waals surface area (Å²) in [6.07, 6.45) is 0.266. The number of amides is 1. The van der Waals surface area contributed by atoms with Crippen LogP contribution in [0.15, 0.2) is 16.5 Å². The SMILES string of the molecule is CCC(C)(NC(=O)c1ccc(Cl)o1)C(=O)O. The minimum atomic E-state index is -1.31. The number of halogens is 1. The molecule has 5 nitrogen and oxygen atoms in total. The van der Waals surface area contributed by atoms with E-state index in [0.717, 1.165) is 0 Å². The highest BCUT2D eigenvalue weighted by molar-refractivity contribution is 6.29. The largest absolute Gasteiger partial charge is 0.480 e. The summed E-state index contributed by atoms with van der Waals surface area (Å²) >= 11 is 5.51. The number of aliphatic carboxylic acids is 1. The maximum atomic E-state index is 11.6. The van der Waals surface area contributed by atoms with Gasteiger partial charge in [0.1, 0.15) is 5.54 Å². The third-order valence-electron chi connectivity index (χ3n) is 2.37. The molecular weight excluding hydrogens is 234 g/mol. The molecule has 1 aromatic rings. The van der Waals surface area contributed by atoms with Crippen LogP contribution in [0.4, 0.5) is 0 Å². The molecule has 1 rings (SSSR count). The highest BCUT2D eigenvalue weighted by Gasteiger charge is 2.33. The first kappa shape index (κ1) is 12.6. The molecule has 16 heavy (non-hydrogen) atoms. The monoisotopic (exact) mass is 245 g/mol. The predicted octanol–water partition coefficient (Wildman–Crippen LogP) is 1.92. The van der Waals surface area contributed by atoms with Gasteiger partial charge in [0.2, 0.25) is 0 Å². The predicted molar refractivity (Wildman–Crippen MR) is 57.5 cm³/mol. The lowest BCUT2D eigenvalue weighted by atomic mass is 9.99. The average molecular weight is 246 g/mol. The molecule has 2 N–H and O–H groups in total. The Morgan fingerprint density at radius 1 is 1.56 bits per heavy atom. The van der Waals surface area contributed by atoms with Crippen LogP contribution in [0.25, 0.3) is 0 Å². The van der Waals surface area contributed by atoms with Crippen molar-refractivity contribution in [3.8, 4) is 0 Å². The normalized spacial score (nSPS) is 14.2. The topological polar surface area (TPSA) is 79.5 Å². The smallest absolute Gasteiger partial charge is 0.329 e. The van der Waals surface area contributed by atoms with Gasteiger partial charge in [-0.2, -0.15) is 0 Å². The van der Waals surface area contributed by atoms with E-state index in [1.54, 1.807) is 6.92 Å². The summed E-state index contributed by atoms with van der Waals surface area (Å²) in [6, 6.07) is 2.80. The summed E-state index contributed by atoms with van der Waals surface area (Å²) in [4.78, 5) is 22.6. The number of furan rings is 1. The quantitative estimate of drug-likeness (QED) is 0.849. The van der Waals surface area contributed by atoms with E-state index in [-0.39, 0.29) is 17.4 Å². The molecule has 0 aromatic carbocycles. The Kier molecular flexibility index (Phi) is 3.59. The van der Waals surface area contributed by atoms with Gasteiger partial charge in [0.25, 0.3) is 5.91 Å². The van der Waals surface area contributed by atoms with Crippen LogP contribution in [-0.4, -0.2) is 22.5 Å². The van der Waals surface area contributed by atoms with Crippen LogP contribution in [0.5, 0.6) is 0 Å². The Morgan fingerprint density at radius 2 is 2.19 bits per heavy atom. The summed E-state index contributed by atoms with van der Waals surface area (Å²) in [7, 11) is 0. The molecule has 0 radical (unpaired) electrons. The number of hydrogen-bond acceptors (Lipinski definition) is 3. The van der Waals surface area contributed by atoms with Gasteiger partial charge in [0, 0.05) is 0 Å². The molecule has 0 aliphatic carbocycles. The maximum Gasteiger partial charge on any atom is 0.329 e. The van der Waals surface area contributed by atoms with E-state index in [0.29, 0.717) is 0 Å². The van der Waals surface area contributed by atoms with Crippen molar-refractivity contribution in [1.29, 1.82) is 0 Å². The zero-order chi connectivity index (χ0) is 12.3. The summed E-state index contributed by atoms with van der Waals surface area (Å²) in [5.74, 6) is -1.70. The molecule has 1 heterocycles. The van der Waals surface area contributed by atoms with Crippen molar-refractivity contribution in [3.05, 3.63) is 23.1 Å².